The first kappa shape index (κ1) is 22.1. The quantitative estimate of drug-likeness (QED) is 0.460. The third-order valence-electron chi connectivity index (χ3n) is 4.84. The third kappa shape index (κ3) is 5.32. The number of methoxy groups -OCH3 is 1. The van der Waals surface area contributed by atoms with E-state index in [1.807, 2.05) is 18.2 Å². The maximum Gasteiger partial charge on any atom is 0.266 e. The number of hydrogen-bond acceptors (Lipinski definition) is 7. The Morgan fingerprint density at radius 3 is 2.72 bits per heavy atom. The first-order valence-electron chi connectivity index (χ1n) is 9.48. The maximum atomic E-state index is 12.8. The van der Waals surface area contributed by atoms with E-state index in [0.29, 0.717) is 39.7 Å². The molecule has 2 saturated heterocycles. The van der Waals surface area contributed by atoms with Crippen LogP contribution in [0.2, 0.25) is 0 Å². The summed E-state index contributed by atoms with van der Waals surface area (Å²) in [6.07, 6.45) is 3.13. The Kier molecular flexibility index (Phi) is 6.90. The van der Waals surface area contributed by atoms with Gasteiger partial charge in [0, 0.05) is 0 Å². The number of carbonyl (C=O) groups is 1. The molecular formula is C20H25NO5S3. The summed E-state index contributed by atoms with van der Waals surface area (Å²) in [6.45, 7) is 4.89. The van der Waals surface area contributed by atoms with E-state index in [2.05, 4.69) is 13.8 Å². The van der Waals surface area contributed by atoms with Gasteiger partial charge < -0.3 is 9.47 Å². The lowest BCUT2D eigenvalue weighted by Crippen LogP contribution is -2.39. The molecule has 29 heavy (non-hydrogen) atoms. The molecule has 0 unspecified atom stereocenters. The number of thioether (sulfide) groups is 1. The van der Waals surface area contributed by atoms with Crippen LogP contribution in [-0.2, 0) is 14.6 Å². The van der Waals surface area contributed by atoms with E-state index in [-0.39, 0.29) is 23.5 Å². The molecule has 0 bridgehead atoms. The molecule has 9 heteroatoms. The summed E-state index contributed by atoms with van der Waals surface area (Å²) in [4.78, 5) is 14.8. The molecule has 0 saturated carbocycles. The first-order chi connectivity index (χ1) is 13.7. The van der Waals surface area contributed by atoms with Crippen LogP contribution in [0.3, 0.4) is 0 Å². The summed E-state index contributed by atoms with van der Waals surface area (Å²) in [7, 11) is -1.52. The summed E-state index contributed by atoms with van der Waals surface area (Å²) < 4.78 is 35.2. The van der Waals surface area contributed by atoms with E-state index in [1.165, 1.54) is 16.7 Å². The van der Waals surface area contributed by atoms with Gasteiger partial charge in [-0.3, -0.25) is 9.69 Å². The van der Waals surface area contributed by atoms with Crippen LogP contribution < -0.4 is 9.47 Å². The molecule has 1 amide bonds. The number of hydrogen-bond donors (Lipinski definition) is 0. The molecule has 1 aromatic rings. The molecule has 1 atom stereocenters. The molecular weight excluding hydrogens is 430 g/mol. The summed E-state index contributed by atoms with van der Waals surface area (Å²) in [5.41, 5.74) is 0.789. The lowest BCUT2D eigenvalue weighted by atomic mass is 10.1. The minimum Gasteiger partial charge on any atom is -0.493 e. The summed E-state index contributed by atoms with van der Waals surface area (Å²) >= 11 is 6.55. The minimum absolute atomic E-state index is 0.0248. The van der Waals surface area contributed by atoms with Crippen LogP contribution in [0.5, 0.6) is 11.5 Å². The molecule has 0 aromatic heterocycles. The molecule has 1 aromatic carbocycles. The molecule has 0 spiro atoms. The van der Waals surface area contributed by atoms with Crippen LogP contribution in [-0.4, -0.2) is 54.8 Å². The average Bonchev–Trinajstić information content (AvgIpc) is 3.13. The summed E-state index contributed by atoms with van der Waals surface area (Å²) in [5.74, 6) is 1.65. The predicted octanol–water partition coefficient (Wildman–Crippen LogP) is 3.51. The highest BCUT2D eigenvalue weighted by atomic mass is 32.2. The van der Waals surface area contributed by atoms with Crippen molar-refractivity contribution in [3.05, 3.63) is 28.7 Å². The van der Waals surface area contributed by atoms with Crippen LogP contribution in [0.1, 0.15) is 32.3 Å². The Labute approximate surface area is 181 Å². The van der Waals surface area contributed by atoms with E-state index in [0.717, 1.165) is 12.0 Å². The molecule has 2 fully saturated rings. The van der Waals surface area contributed by atoms with Gasteiger partial charge in [-0.05, 0) is 42.5 Å². The topological polar surface area (TPSA) is 72.9 Å². The van der Waals surface area contributed by atoms with Crippen LogP contribution in [0.25, 0.3) is 6.08 Å². The van der Waals surface area contributed by atoms with Gasteiger partial charge >= 0.3 is 0 Å². The van der Waals surface area contributed by atoms with Crippen molar-refractivity contribution in [2.75, 3.05) is 25.2 Å². The van der Waals surface area contributed by atoms with Crippen LogP contribution >= 0.6 is 24.0 Å². The van der Waals surface area contributed by atoms with Gasteiger partial charge in [0.25, 0.3) is 5.91 Å². The monoisotopic (exact) mass is 455 g/mol. The zero-order valence-corrected chi connectivity index (χ0v) is 19.2. The van der Waals surface area contributed by atoms with Crippen LogP contribution in [0.15, 0.2) is 23.1 Å². The molecule has 0 N–H and O–H groups in total. The predicted molar refractivity (Wildman–Crippen MR) is 120 cm³/mol. The number of amides is 1. The fourth-order valence-corrected chi connectivity index (χ4v) is 6.32. The third-order valence-corrected chi connectivity index (χ3v) is 7.92. The number of benzene rings is 1. The Hall–Kier alpha value is -1.58. The zero-order chi connectivity index (χ0) is 21.2. The molecule has 2 aliphatic heterocycles. The van der Waals surface area contributed by atoms with Crippen molar-refractivity contribution in [2.24, 2.45) is 5.92 Å². The number of carbonyl (C=O) groups excluding carboxylic acids is 1. The highest BCUT2D eigenvalue weighted by Gasteiger charge is 2.42. The molecule has 2 aliphatic rings. The van der Waals surface area contributed by atoms with Gasteiger partial charge in [0.05, 0.1) is 36.2 Å². The standard InChI is InChI=1S/C20H25NO5S3/c1-13(2)6-8-26-16-5-4-14(10-17(16)25-3)11-18-19(22)21(20(27)28-18)15-7-9-29(23,24)12-15/h4-5,10-11,13,15H,6-9,12H2,1-3H3/b18-11-/t15-/m1/s1. The van der Waals surface area contributed by atoms with Crippen molar-refractivity contribution in [3.63, 3.8) is 0 Å². The molecule has 2 heterocycles. The lowest BCUT2D eigenvalue weighted by Gasteiger charge is -2.20. The summed E-state index contributed by atoms with van der Waals surface area (Å²) in [5, 5.41) is 0. The highest BCUT2D eigenvalue weighted by Crippen LogP contribution is 2.37. The number of nitrogens with zero attached hydrogens (tertiary/aromatic N) is 1. The van der Waals surface area contributed by atoms with E-state index in [9.17, 15) is 13.2 Å². The second-order valence-electron chi connectivity index (χ2n) is 7.55. The van der Waals surface area contributed by atoms with Crippen molar-refractivity contribution in [2.45, 2.75) is 32.7 Å². The largest absolute Gasteiger partial charge is 0.493 e. The summed E-state index contributed by atoms with van der Waals surface area (Å²) in [6, 6.07) is 5.14. The lowest BCUT2D eigenvalue weighted by molar-refractivity contribution is -0.123. The minimum atomic E-state index is -3.10. The fourth-order valence-electron chi connectivity index (χ4n) is 3.22. The van der Waals surface area contributed by atoms with E-state index in [4.69, 9.17) is 21.7 Å². The molecule has 0 aliphatic carbocycles. The number of thiocarbonyl (C=S) groups is 1. The van der Waals surface area contributed by atoms with Gasteiger partial charge in [0.15, 0.2) is 21.3 Å². The Bertz CT molecular complexity index is 939. The normalized spacial score (nSPS) is 22.7. The molecule has 3 rings (SSSR count). The molecule has 6 nitrogen and oxygen atoms in total. The molecule has 0 radical (unpaired) electrons. The SMILES string of the molecule is COc1cc(/C=C2\SC(=S)N([C@@H]3CCS(=O)(=O)C3)C2=O)ccc1OCCC(C)C. The van der Waals surface area contributed by atoms with Crippen LogP contribution in [0, 0.1) is 5.92 Å². The van der Waals surface area contributed by atoms with E-state index >= 15 is 0 Å². The molecule has 158 valence electrons. The highest BCUT2D eigenvalue weighted by molar-refractivity contribution is 8.26. The van der Waals surface area contributed by atoms with Gasteiger partial charge in [-0.1, -0.05) is 43.9 Å². The number of sulfone groups is 1. The first-order valence-corrected chi connectivity index (χ1v) is 12.5. The van der Waals surface area contributed by atoms with Crippen LogP contribution in [0.4, 0.5) is 0 Å². The Morgan fingerprint density at radius 2 is 2.10 bits per heavy atom. The van der Waals surface area contributed by atoms with Gasteiger partial charge in [0.2, 0.25) is 0 Å². The second kappa shape index (κ2) is 9.06. The number of ether oxygens (including phenoxy) is 2. The van der Waals surface area contributed by atoms with Gasteiger partial charge in [-0.25, -0.2) is 8.42 Å². The van der Waals surface area contributed by atoms with E-state index < -0.39 is 9.84 Å². The fraction of sp³-hybridized carbons (Fsp3) is 0.500. The maximum absolute atomic E-state index is 12.8. The Morgan fingerprint density at radius 1 is 1.34 bits per heavy atom. The van der Waals surface area contributed by atoms with E-state index in [1.54, 1.807) is 13.2 Å². The van der Waals surface area contributed by atoms with Crippen molar-refractivity contribution in [1.29, 1.82) is 0 Å². The van der Waals surface area contributed by atoms with Gasteiger partial charge in [-0.15, -0.1) is 0 Å². The smallest absolute Gasteiger partial charge is 0.266 e. The average molecular weight is 456 g/mol. The van der Waals surface area contributed by atoms with Crippen molar-refractivity contribution in [1.82, 2.24) is 4.90 Å². The second-order valence-corrected chi connectivity index (χ2v) is 11.5. The van der Waals surface area contributed by atoms with Crippen molar-refractivity contribution in [3.8, 4) is 11.5 Å². The zero-order valence-electron chi connectivity index (χ0n) is 16.7. The Balaban J connectivity index is 1.76. The van der Waals surface area contributed by atoms with Crippen molar-refractivity contribution >= 4 is 50.1 Å². The van der Waals surface area contributed by atoms with Gasteiger partial charge in [-0.2, -0.15) is 0 Å². The van der Waals surface area contributed by atoms with Crippen molar-refractivity contribution < 1.29 is 22.7 Å². The number of rotatable bonds is 7. The van der Waals surface area contributed by atoms with Gasteiger partial charge in [0.1, 0.15) is 4.32 Å².